The maximum atomic E-state index is 5.32. The normalized spacial score (nSPS) is 29.9. The van der Waals surface area contributed by atoms with E-state index in [4.69, 9.17) is 12.2 Å². The Morgan fingerprint density at radius 1 is 1.25 bits per heavy atom. The van der Waals surface area contributed by atoms with Crippen LogP contribution in [0.1, 0.15) is 26.3 Å². The number of para-hydroxylation sites is 1. The Morgan fingerprint density at radius 2 is 1.94 bits per heavy atom. The molecule has 0 bridgehead atoms. The lowest BCUT2D eigenvalue weighted by Gasteiger charge is -2.40. The third-order valence-corrected chi connectivity index (χ3v) is 4.54. The number of benzene rings is 1. The molecule has 0 spiro atoms. The van der Waals surface area contributed by atoms with Gasteiger partial charge in [0.05, 0.1) is 11.5 Å². The first-order valence-corrected chi connectivity index (χ1v) is 6.06. The predicted octanol–water partition coefficient (Wildman–Crippen LogP) is 2.43. The van der Waals surface area contributed by atoms with Crippen LogP contribution in [0.5, 0.6) is 0 Å². The molecule has 1 N–H and O–H groups in total. The van der Waals surface area contributed by atoms with Crippen molar-refractivity contribution in [2.75, 3.05) is 11.4 Å². The van der Waals surface area contributed by atoms with Crippen LogP contribution in [0.2, 0.25) is 0 Å². The molecule has 1 unspecified atom stereocenters. The van der Waals surface area contributed by atoms with Crippen LogP contribution in [0.4, 0.5) is 5.69 Å². The highest BCUT2D eigenvalue weighted by atomic mass is 32.1. The van der Waals surface area contributed by atoms with Gasteiger partial charge in [-0.05, 0) is 18.6 Å². The molecule has 16 heavy (non-hydrogen) atoms. The summed E-state index contributed by atoms with van der Waals surface area (Å²) in [5.41, 5.74) is 2.73. The van der Waals surface area contributed by atoms with E-state index in [0.717, 1.165) is 11.5 Å². The monoisotopic (exact) mass is 232 g/mol. The second kappa shape index (κ2) is 2.77. The number of nitrogens with one attached hydrogen (secondary N) is 1. The average Bonchev–Trinajstić information content (AvgIpc) is 2.61. The Balaban J connectivity index is 2.26. The lowest BCUT2D eigenvalue weighted by molar-refractivity contribution is 0.287. The van der Waals surface area contributed by atoms with Crippen molar-refractivity contribution in [3.8, 4) is 0 Å². The van der Waals surface area contributed by atoms with Gasteiger partial charge in [-0.25, -0.2) is 0 Å². The van der Waals surface area contributed by atoms with Crippen molar-refractivity contribution in [3.63, 3.8) is 0 Å². The maximum absolute atomic E-state index is 5.32. The highest BCUT2D eigenvalue weighted by Crippen LogP contribution is 2.51. The van der Waals surface area contributed by atoms with Gasteiger partial charge in [0.2, 0.25) is 0 Å². The molecule has 1 aromatic rings. The van der Waals surface area contributed by atoms with Crippen LogP contribution in [0, 0.1) is 0 Å². The minimum atomic E-state index is -0.0756. The predicted molar refractivity (Wildman–Crippen MR) is 71.0 cm³/mol. The van der Waals surface area contributed by atoms with Crippen molar-refractivity contribution in [1.29, 1.82) is 0 Å². The van der Waals surface area contributed by atoms with E-state index in [2.05, 4.69) is 55.3 Å². The molecular weight excluding hydrogens is 216 g/mol. The number of hydrogen-bond donors (Lipinski definition) is 1. The minimum absolute atomic E-state index is 0.0736. The van der Waals surface area contributed by atoms with Gasteiger partial charge in [0.25, 0.3) is 0 Å². The smallest absolute Gasteiger partial charge is 0.118 e. The van der Waals surface area contributed by atoms with Crippen molar-refractivity contribution >= 4 is 22.9 Å². The zero-order valence-corrected chi connectivity index (χ0v) is 10.7. The molecule has 3 heteroatoms. The number of rotatable bonds is 0. The summed E-state index contributed by atoms with van der Waals surface area (Å²) in [6.45, 7) is 7.65. The van der Waals surface area contributed by atoms with Gasteiger partial charge < -0.3 is 10.2 Å². The second-order valence-corrected chi connectivity index (χ2v) is 5.84. The van der Waals surface area contributed by atoms with E-state index >= 15 is 0 Å². The van der Waals surface area contributed by atoms with Gasteiger partial charge in [0.1, 0.15) is 5.66 Å². The topological polar surface area (TPSA) is 15.3 Å². The molecule has 0 aromatic heterocycles. The fourth-order valence-electron chi connectivity index (χ4n) is 3.00. The molecular formula is C13H16N2S. The van der Waals surface area contributed by atoms with Gasteiger partial charge >= 0.3 is 0 Å². The van der Waals surface area contributed by atoms with Crippen LogP contribution >= 0.6 is 12.2 Å². The van der Waals surface area contributed by atoms with E-state index in [0.29, 0.717) is 0 Å². The summed E-state index contributed by atoms with van der Waals surface area (Å²) in [5, 5.41) is 3.49. The summed E-state index contributed by atoms with van der Waals surface area (Å²) < 4.78 is 0. The quantitative estimate of drug-likeness (QED) is 0.692. The second-order valence-electron chi connectivity index (χ2n) is 5.35. The Bertz CT molecular complexity index is 481. The molecule has 1 saturated heterocycles. The molecule has 0 amide bonds. The lowest BCUT2D eigenvalue weighted by atomic mass is 9.77. The molecule has 2 heterocycles. The first kappa shape index (κ1) is 10.1. The SMILES string of the molecule is CC1(C)c2ccccc2N2CC(=S)NC21C. The molecule has 0 saturated carbocycles. The molecule has 84 valence electrons. The van der Waals surface area contributed by atoms with Crippen molar-refractivity contribution in [2.45, 2.75) is 31.8 Å². The summed E-state index contributed by atoms with van der Waals surface area (Å²) in [5.74, 6) is 0. The molecule has 2 aliphatic heterocycles. The van der Waals surface area contributed by atoms with Gasteiger partial charge in [0.15, 0.2) is 0 Å². The number of anilines is 1. The van der Waals surface area contributed by atoms with E-state index in [1.165, 1.54) is 11.3 Å². The van der Waals surface area contributed by atoms with Gasteiger partial charge in [-0.15, -0.1) is 0 Å². The fraction of sp³-hybridized carbons (Fsp3) is 0.462. The van der Waals surface area contributed by atoms with Crippen LogP contribution in [-0.4, -0.2) is 17.2 Å². The summed E-state index contributed by atoms with van der Waals surface area (Å²) in [6, 6.07) is 8.63. The highest BCUT2D eigenvalue weighted by molar-refractivity contribution is 7.80. The Morgan fingerprint density at radius 3 is 2.69 bits per heavy atom. The van der Waals surface area contributed by atoms with Gasteiger partial charge in [-0.2, -0.15) is 0 Å². The average molecular weight is 232 g/mol. The molecule has 0 aliphatic carbocycles. The first-order valence-electron chi connectivity index (χ1n) is 5.65. The van der Waals surface area contributed by atoms with Gasteiger partial charge in [0, 0.05) is 11.1 Å². The summed E-state index contributed by atoms with van der Waals surface area (Å²) in [7, 11) is 0. The van der Waals surface area contributed by atoms with Crippen molar-refractivity contribution in [3.05, 3.63) is 29.8 Å². The van der Waals surface area contributed by atoms with Crippen molar-refractivity contribution < 1.29 is 0 Å². The molecule has 3 rings (SSSR count). The third-order valence-electron chi connectivity index (χ3n) is 4.31. The van der Waals surface area contributed by atoms with Gasteiger partial charge in [-0.1, -0.05) is 44.3 Å². The van der Waals surface area contributed by atoms with Crippen LogP contribution in [0.25, 0.3) is 0 Å². The maximum Gasteiger partial charge on any atom is 0.118 e. The largest absolute Gasteiger partial charge is 0.355 e. The number of thiocarbonyl (C=S) groups is 1. The first-order chi connectivity index (χ1) is 7.47. The van der Waals surface area contributed by atoms with Gasteiger partial charge in [-0.3, -0.25) is 0 Å². The molecule has 2 aliphatic rings. The molecule has 1 fully saturated rings. The van der Waals surface area contributed by atoms with Crippen LogP contribution in [0.3, 0.4) is 0 Å². The fourth-order valence-corrected chi connectivity index (χ4v) is 3.33. The molecule has 2 nitrogen and oxygen atoms in total. The standard InChI is InChI=1S/C13H16N2S/c1-12(2)9-6-4-5-7-10(9)15-8-11(16)14-13(12,15)3/h4-7H,8H2,1-3H3,(H,14,16). The third kappa shape index (κ3) is 0.950. The van der Waals surface area contributed by atoms with Crippen LogP contribution in [-0.2, 0) is 5.41 Å². The van der Waals surface area contributed by atoms with Crippen LogP contribution < -0.4 is 10.2 Å². The molecule has 0 radical (unpaired) electrons. The zero-order valence-electron chi connectivity index (χ0n) is 9.87. The molecule has 1 aromatic carbocycles. The van der Waals surface area contributed by atoms with E-state index in [-0.39, 0.29) is 11.1 Å². The van der Waals surface area contributed by atoms with E-state index in [1.807, 2.05) is 0 Å². The van der Waals surface area contributed by atoms with E-state index in [9.17, 15) is 0 Å². The zero-order chi connectivity index (χ0) is 11.6. The van der Waals surface area contributed by atoms with Crippen molar-refractivity contribution in [1.82, 2.24) is 5.32 Å². The lowest BCUT2D eigenvalue weighted by Crippen LogP contribution is -2.57. The molecule has 1 atom stereocenters. The highest BCUT2D eigenvalue weighted by Gasteiger charge is 2.57. The summed E-state index contributed by atoms with van der Waals surface area (Å²) >= 11 is 5.32. The van der Waals surface area contributed by atoms with E-state index < -0.39 is 0 Å². The Kier molecular flexibility index (Phi) is 1.75. The van der Waals surface area contributed by atoms with Crippen LogP contribution in [0.15, 0.2) is 24.3 Å². The minimum Gasteiger partial charge on any atom is -0.355 e. The number of fused-ring (bicyclic) bond motifs is 3. The Labute approximate surface area is 102 Å². The number of nitrogens with zero attached hydrogens (tertiary/aromatic N) is 1. The number of hydrogen-bond acceptors (Lipinski definition) is 2. The van der Waals surface area contributed by atoms with E-state index in [1.54, 1.807) is 0 Å². The summed E-state index contributed by atoms with van der Waals surface area (Å²) in [4.78, 5) is 3.34. The van der Waals surface area contributed by atoms with Crippen molar-refractivity contribution in [2.24, 2.45) is 0 Å². The summed E-state index contributed by atoms with van der Waals surface area (Å²) in [6.07, 6.45) is 0. The Hall–Kier alpha value is -1.09.